The molecule has 0 radical (unpaired) electrons. The zero-order chi connectivity index (χ0) is 6.57. The van der Waals surface area contributed by atoms with E-state index in [0.717, 1.165) is 0 Å². The van der Waals surface area contributed by atoms with E-state index in [0.29, 0.717) is 5.71 Å². The summed E-state index contributed by atoms with van der Waals surface area (Å²) in [7, 11) is 1.45. The van der Waals surface area contributed by atoms with E-state index in [1.807, 2.05) is 0 Å². The first-order valence-corrected chi connectivity index (χ1v) is 2.44. The van der Waals surface area contributed by atoms with Gasteiger partial charge in [-0.3, -0.25) is 0 Å². The molecule has 0 aromatic heterocycles. The molecule has 0 unspecified atom stereocenters. The van der Waals surface area contributed by atoms with Gasteiger partial charge < -0.3 is 9.94 Å². The Bertz CT molecular complexity index is 88.4. The molecule has 0 aromatic carbocycles. The minimum Gasteiger partial charge on any atom is -0.399 e. The number of rotatable bonds is 2. The fourth-order valence-electron chi connectivity index (χ4n) is 0.220. The van der Waals surface area contributed by atoms with E-state index in [1.54, 1.807) is 13.8 Å². The molecule has 0 rings (SSSR count). The molecule has 0 aliphatic rings. The van der Waals surface area contributed by atoms with E-state index in [1.165, 1.54) is 7.11 Å². The SMILES string of the molecule is CO/N=C(/C)[C@@H](C)O. The molecule has 48 valence electrons. The van der Waals surface area contributed by atoms with Crippen LogP contribution in [0.15, 0.2) is 5.16 Å². The van der Waals surface area contributed by atoms with Gasteiger partial charge in [-0.2, -0.15) is 0 Å². The fraction of sp³-hybridized carbons (Fsp3) is 0.800. The van der Waals surface area contributed by atoms with Crippen LogP contribution in [0.25, 0.3) is 0 Å². The molecule has 0 spiro atoms. The van der Waals surface area contributed by atoms with Gasteiger partial charge in [-0.1, -0.05) is 5.16 Å². The monoisotopic (exact) mass is 117 g/mol. The van der Waals surface area contributed by atoms with E-state index < -0.39 is 6.10 Å². The lowest BCUT2D eigenvalue weighted by atomic mass is 10.3. The van der Waals surface area contributed by atoms with Crippen LogP contribution in [0.4, 0.5) is 0 Å². The Kier molecular flexibility index (Phi) is 3.19. The van der Waals surface area contributed by atoms with Crippen molar-refractivity contribution < 1.29 is 9.94 Å². The van der Waals surface area contributed by atoms with Crippen molar-refractivity contribution in [2.75, 3.05) is 7.11 Å². The van der Waals surface area contributed by atoms with Crippen molar-refractivity contribution in [3.63, 3.8) is 0 Å². The van der Waals surface area contributed by atoms with Gasteiger partial charge in [0.2, 0.25) is 0 Å². The third-order valence-corrected chi connectivity index (χ3v) is 0.840. The van der Waals surface area contributed by atoms with Crippen LogP contribution in [0.5, 0.6) is 0 Å². The molecule has 0 bridgehead atoms. The smallest absolute Gasteiger partial charge is 0.106 e. The first-order chi connectivity index (χ1) is 3.68. The second kappa shape index (κ2) is 3.43. The molecule has 3 nitrogen and oxygen atoms in total. The quantitative estimate of drug-likeness (QED) is 0.420. The topological polar surface area (TPSA) is 41.8 Å². The summed E-state index contributed by atoms with van der Waals surface area (Å²) in [5, 5.41) is 12.2. The molecule has 0 amide bonds. The van der Waals surface area contributed by atoms with Crippen molar-refractivity contribution in [3.05, 3.63) is 0 Å². The average Bonchev–Trinajstić information content (AvgIpc) is 1.67. The Morgan fingerprint density at radius 2 is 2.25 bits per heavy atom. The molecule has 0 aliphatic carbocycles. The van der Waals surface area contributed by atoms with Crippen molar-refractivity contribution in [1.82, 2.24) is 0 Å². The average molecular weight is 117 g/mol. The maximum atomic E-state index is 8.74. The summed E-state index contributed by atoms with van der Waals surface area (Å²) < 4.78 is 0. The Morgan fingerprint density at radius 1 is 1.75 bits per heavy atom. The van der Waals surface area contributed by atoms with E-state index in [2.05, 4.69) is 9.99 Å². The van der Waals surface area contributed by atoms with Crippen LogP contribution in [0.3, 0.4) is 0 Å². The summed E-state index contributed by atoms with van der Waals surface area (Å²) in [5.41, 5.74) is 0.590. The Labute approximate surface area is 49.0 Å². The Balaban J connectivity index is 3.61. The zero-order valence-electron chi connectivity index (χ0n) is 5.38. The molecule has 1 N–H and O–H groups in total. The molecular weight excluding hydrogens is 106 g/mol. The van der Waals surface area contributed by atoms with Gasteiger partial charge in [-0.25, -0.2) is 0 Å². The number of aliphatic hydroxyl groups excluding tert-OH is 1. The van der Waals surface area contributed by atoms with Gasteiger partial charge in [0.15, 0.2) is 0 Å². The maximum Gasteiger partial charge on any atom is 0.106 e. The van der Waals surface area contributed by atoms with Gasteiger partial charge in [0.05, 0.1) is 11.8 Å². The molecule has 1 atom stereocenters. The van der Waals surface area contributed by atoms with Gasteiger partial charge in [-0.05, 0) is 13.8 Å². The first kappa shape index (κ1) is 7.43. The summed E-state index contributed by atoms with van der Waals surface area (Å²) in [4.78, 5) is 4.39. The second-order valence-electron chi connectivity index (χ2n) is 1.59. The highest BCUT2D eigenvalue weighted by Gasteiger charge is 1.97. The highest BCUT2D eigenvalue weighted by molar-refractivity contribution is 5.85. The lowest BCUT2D eigenvalue weighted by molar-refractivity contribution is 0.199. The van der Waals surface area contributed by atoms with Crippen molar-refractivity contribution in [2.24, 2.45) is 5.16 Å². The molecule has 0 saturated carbocycles. The van der Waals surface area contributed by atoms with Crippen LogP contribution in [-0.4, -0.2) is 24.0 Å². The van der Waals surface area contributed by atoms with Gasteiger partial charge in [0, 0.05) is 0 Å². The number of hydrogen-bond donors (Lipinski definition) is 1. The Morgan fingerprint density at radius 3 is 2.38 bits per heavy atom. The summed E-state index contributed by atoms with van der Waals surface area (Å²) in [6, 6.07) is 0. The van der Waals surface area contributed by atoms with Crippen molar-refractivity contribution >= 4 is 5.71 Å². The molecular formula is C5H11NO2. The van der Waals surface area contributed by atoms with Gasteiger partial charge in [0.1, 0.15) is 7.11 Å². The third-order valence-electron chi connectivity index (χ3n) is 0.840. The lowest BCUT2D eigenvalue weighted by Gasteiger charge is -1.99. The largest absolute Gasteiger partial charge is 0.399 e. The zero-order valence-corrected chi connectivity index (χ0v) is 5.38. The maximum absolute atomic E-state index is 8.74. The van der Waals surface area contributed by atoms with Crippen LogP contribution in [-0.2, 0) is 4.84 Å². The minimum atomic E-state index is -0.505. The van der Waals surface area contributed by atoms with Crippen LogP contribution in [0.2, 0.25) is 0 Å². The van der Waals surface area contributed by atoms with E-state index in [4.69, 9.17) is 5.11 Å². The van der Waals surface area contributed by atoms with Gasteiger partial charge >= 0.3 is 0 Å². The van der Waals surface area contributed by atoms with Crippen molar-refractivity contribution in [2.45, 2.75) is 20.0 Å². The molecule has 3 heteroatoms. The molecule has 0 saturated heterocycles. The predicted octanol–water partition coefficient (Wildman–Crippen LogP) is 0.390. The highest BCUT2D eigenvalue weighted by atomic mass is 16.6. The second-order valence-corrected chi connectivity index (χ2v) is 1.59. The lowest BCUT2D eigenvalue weighted by Crippen LogP contribution is -2.11. The molecule has 0 heterocycles. The number of hydrogen-bond acceptors (Lipinski definition) is 3. The molecule has 8 heavy (non-hydrogen) atoms. The van der Waals surface area contributed by atoms with E-state index >= 15 is 0 Å². The summed E-state index contributed by atoms with van der Waals surface area (Å²) >= 11 is 0. The number of oxime groups is 1. The first-order valence-electron chi connectivity index (χ1n) is 2.44. The van der Waals surface area contributed by atoms with Crippen molar-refractivity contribution in [3.8, 4) is 0 Å². The fourth-order valence-corrected chi connectivity index (χ4v) is 0.220. The van der Waals surface area contributed by atoms with Crippen LogP contribution < -0.4 is 0 Å². The van der Waals surface area contributed by atoms with Crippen LogP contribution in [0.1, 0.15) is 13.8 Å². The highest BCUT2D eigenvalue weighted by Crippen LogP contribution is 1.85. The van der Waals surface area contributed by atoms with Crippen molar-refractivity contribution in [1.29, 1.82) is 0 Å². The Hall–Kier alpha value is -0.570. The third kappa shape index (κ3) is 2.58. The summed E-state index contributed by atoms with van der Waals surface area (Å²) in [5.74, 6) is 0. The van der Waals surface area contributed by atoms with Gasteiger partial charge in [0.25, 0.3) is 0 Å². The molecule has 0 fully saturated rings. The van der Waals surface area contributed by atoms with Gasteiger partial charge in [-0.15, -0.1) is 0 Å². The van der Waals surface area contributed by atoms with Crippen LogP contribution >= 0.6 is 0 Å². The predicted molar refractivity (Wildman–Crippen MR) is 31.8 cm³/mol. The van der Waals surface area contributed by atoms with Crippen LogP contribution in [0, 0.1) is 0 Å². The number of aliphatic hydroxyl groups is 1. The summed E-state index contributed by atoms with van der Waals surface area (Å²) in [6.07, 6.45) is -0.505. The minimum absolute atomic E-state index is 0.505. The normalized spacial score (nSPS) is 15.8. The standard InChI is InChI=1S/C5H11NO2/c1-4(5(2)7)6-8-3/h5,7H,1-3H3/b6-4-/t5-/m1/s1. The molecule has 0 aliphatic heterocycles. The number of nitrogens with zero attached hydrogens (tertiary/aromatic N) is 1. The summed E-state index contributed by atoms with van der Waals surface area (Å²) in [6.45, 7) is 3.34. The van der Waals surface area contributed by atoms with E-state index in [9.17, 15) is 0 Å². The van der Waals surface area contributed by atoms with E-state index in [-0.39, 0.29) is 0 Å². The molecule has 0 aromatic rings.